The lowest BCUT2D eigenvalue weighted by atomic mass is 9.71. The highest BCUT2D eigenvalue weighted by Gasteiger charge is 2.37. The lowest BCUT2D eigenvalue weighted by molar-refractivity contribution is -0.129. The molecule has 1 aromatic carbocycles. The lowest BCUT2D eigenvalue weighted by Gasteiger charge is -2.44. The summed E-state index contributed by atoms with van der Waals surface area (Å²) in [5.41, 5.74) is 1.80. The van der Waals surface area contributed by atoms with Crippen molar-refractivity contribution < 1.29 is 4.79 Å². The van der Waals surface area contributed by atoms with Crippen molar-refractivity contribution in [2.75, 3.05) is 38.2 Å². The molecular weight excluding hydrogens is 338 g/mol. The van der Waals surface area contributed by atoms with E-state index in [0.717, 1.165) is 44.7 Å². The molecule has 3 rings (SSSR count). The van der Waals surface area contributed by atoms with Crippen LogP contribution in [-0.2, 0) is 4.79 Å². The molecule has 2 fully saturated rings. The lowest BCUT2D eigenvalue weighted by Crippen LogP contribution is -2.47. The first-order valence-electron chi connectivity index (χ1n) is 9.68. The molecule has 2 aliphatic heterocycles. The average molecular weight is 367 g/mol. The van der Waals surface area contributed by atoms with E-state index in [4.69, 9.17) is 0 Å². The molecule has 1 spiro atoms. The molecule has 0 unspecified atom stereocenters. The van der Waals surface area contributed by atoms with Crippen LogP contribution in [0, 0.1) is 5.41 Å². The van der Waals surface area contributed by atoms with Crippen molar-refractivity contribution in [3.63, 3.8) is 0 Å². The molecular formula is C21H29N5O. The summed E-state index contributed by atoms with van der Waals surface area (Å²) >= 11 is 0. The fraction of sp³-hybridized carbons (Fsp3) is 0.476. The van der Waals surface area contributed by atoms with Crippen LogP contribution < -0.4 is 10.6 Å². The van der Waals surface area contributed by atoms with E-state index in [1.165, 1.54) is 12.8 Å². The number of likely N-dealkylation sites (tertiary alicyclic amines) is 1. The molecule has 0 aliphatic carbocycles. The van der Waals surface area contributed by atoms with Gasteiger partial charge in [0, 0.05) is 25.0 Å². The van der Waals surface area contributed by atoms with Crippen LogP contribution in [0.3, 0.4) is 0 Å². The van der Waals surface area contributed by atoms with Crippen LogP contribution in [0.4, 0.5) is 5.69 Å². The predicted octanol–water partition coefficient (Wildman–Crippen LogP) is 2.70. The van der Waals surface area contributed by atoms with Gasteiger partial charge in [0.1, 0.15) is 12.4 Å². The van der Waals surface area contributed by atoms with Crippen LogP contribution in [0.5, 0.6) is 0 Å². The van der Waals surface area contributed by atoms with E-state index in [1.54, 1.807) is 12.3 Å². The van der Waals surface area contributed by atoms with Gasteiger partial charge in [0.2, 0.25) is 0 Å². The number of nitrogens with zero attached hydrogens (tertiary/aromatic N) is 3. The number of hydrogen-bond acceptors (Lipinski definition) is 5. The topological polar surface area (TPSA) is 69.1 Å². The van der Waals surface area contributed by atoms with E-state index in [1.807, 2.05) is 35.2 Å². The minimum atomic E-state index is -0.0451. The molecule has 27 heavy (non-hydrogen) atoms. The number of para-hydroxylation sites is 1. The molecule has 1 amide bonds. The predicted molar refractivity (Wildman–Crippen MR) is 111 cm³/mol. The summed E-state index contributed by atoms with van der Waals surface area (Å²) in [6, 6.07) is 9.88. The van der Waals surface area contributed by atoms with Crippen LogP contribution in [0.25, 0.3) is 0 Å². The van der Waals surface area contributed by atoms with Gasteiger partial charge < -0.3 is 15.5 Å². The molecule has 2 aliphatic rings. The molecule has 0 saturated carbocycles. The second-order valence-corrected chi connectivity index (χ2v) is 7.28. The van der Waals surface area contributed by atoms with E-state index in [9.17, 15) is 4.79 Å². The number of aliphatic imine (C=N–C) groups is 2. The third-order valence-electron chi connectivity index (χ3n) is 5.65. The Kier molecular flexibility index (Phi) is 6.76. The van der Waals surface area contributed by atoms with Crippen molar-refractivity contribution in [1.82, 2.24) is 10.2 Å². The fourth-order valence-corrected chi connectivity index (χ4v) is 3.86. The minimum Gasteiger partial charge on any atom is -0.366 e. The molecule has 6 nitrogen and oxygen atoms in total. The third-order valence-corrected chi connectivity index (χ3v) is 5.65. The van der Waals surface area contributed by atoms with Crippen molar-refractivity contribution in [3.05, 3.63) is 42.1 Å². The van der Waals surface area contributed by atoms with Gasteiger partial charge in [-0.1, -0.05) is 18.2 Å². The SMILES string of the molecule is C=N/C(=C\C=N/CNc1ccccc1)C(=O)N1CCC2(CCNCC2)CC1. The zero-order valence-corrected chi connectivity index (χ0v) is 15.9. The van der Waals surface area contributed by atoms with E-state index in [0.29, 0.717) is 17.8 Å². The number of carbonyl (C=O) groups excluding carboxylic acids is 1. The van der Waals surface area contributed by atoms with Crippen LogP contribution in [-0.4, -0.2) is 56.6 Å². The third kappa shape index (κ3) is 5.26. The van der Waals surface area contributed by atoms with Crippen LogP contribution in [0.1, 0.15) is 25.7 Å². The summed E-state index contributed by atoms with van der Waals surface area (Å²) in [4.78, 5) is 22.8. The number of benzene rings is 1. The average Bonchev–Trinajstić information content (AvgIpc) is 2.72. The number of amides is 1. The van der Waals surface area contributed by atoms with Crippen LogP contribution >= 0.6 is 0 Å². The zero-order valence-electron chi connectivity index (χ0n) is 15.9. The second kappa shape index (κ2) is 9.46. The summed E-state index contributed by atoms with van der Waals surface area (Å²) in [5, 5.41) is 6.62. The van der Waals surface area contributed by atoms with Gasteiger partial charge in [0.25, 0.3) is 5.91 Å². The van der Waals surface area contributed by atoms with Gasteiger partial charge in [-0.3, -0.25) is 14.8 Å². The number of piperidine rings is 2. The van der Waals surface area contributed by atoms with Gasteiger partial charge in [0.15, 0.2) is 0 Å². The monoisotopic (exact) mass is 367 g/mol. The fourth-order valence-electron chi connectivity index (χ4n) is 3.86. The van der Waals surface area contributed by atoms with E-state index < -0.39 is 0 Å². The smallest absolute Gasteiger partial charge is 0.272 e. The summed E-state index contributed by atoms with van der Waals surface area (Å²) in [5.74, 6) is -0.0451. The normalized spacial score (nSPS) is 20.0. The Labute approximate surface area is 161 Å². The summed E-state index contributed by atoms with van der Waals surface area (Å²) in [6.07, 6.45) is 7.88. The summed E-state index contributed by atoms with van der Waals surface area (Å²) < 4.78 is 0. The maximum absolute atomic E-state index is 12.7. The first-order chi connectivity index (χ1) is 13.2. The van der Waals surface area contributed by atoms with Crippen molar-refractivity contribution in [2.45, 2.75) is 25.7 Å². The van der Waals surface area contributed by atoms with E-state index in [2.05, 4.69) is 27.3 Å². The number of allylic oxidation sites excluding steroid dienone is 1. The van der Waals surface area contributed by atoms with Crippen molar-refractivity contribution in [1.29, 1.82) is 0 Å². The molecule has 6 heteroatoms. The molecule has 2 saturated heterocycles. The highest BCUT2D eigenvalue weighted by Crippen LogP contribution is 2.39. The van der Waals surface area contributed by atoms with E-state index >= 15 is 0 Å². The Hall–Kier alpha value is -2.47. The highest BCUT2D eigenvalue weighted by molar-refractivity contribution is 5.97. The van der Waals surface area contributed by atoms with Crippen molar-refractivity contribution in [3.8, 4) is 0 Å². The number of hydrogen-bond donors (Lipinski definition) is 2. The molecule has 0 aromatic heterocycles. The van der Waals surface area contributed by atoms with Gasteiger partial charge >= 0.3 is 0 Å². The van der Waals surface area contributed by atoms with Gasteiger partial charge in [0.05, 0.1) is 0 Å². The highest BCUT2D eigenvalue weighted by atomic mass is 16.2. The second-order valence-electron chi connectivity index (χ2n) is 7.28. The minimum absolute atomic E-state index is 0.0451. The molecule has 2 heterocycles. The zero-order chi connectivity index (χ0) is 19.0. The first-order valence-corrected chi connectivity index (χ1v) is 9.68. The van der Waals surface area contributed by atoms with Crippen molar-refractivity contribution in [2.24, 2.45) is 15.4 Å². The molecule has 0 atom stereocenters. The van der Waals surface area contributed by atoms with Crippen LogP contribution in [0.2, 0.25) is 0 Å². The van der Waals surface area contributed by atoms with Gasteiger partial charge in [-0.15, -0.1) is 0 Å². The number of carbonyl (C=O) groups is 1. The molecule has 0 radical (unpaired) electrons. The quantitative estimate of drug-likeness (QED) is 0.600. The molecule has 0 bridgehead atoms. The first kappa shape index (κ1) is 19.3. The number of nitrogens with one attached hydrogen (secondary N) is 2. The Morgan fingerprint density at radius 3 is 2.56 bits per heavy atom. The molecule has 1 aromatic rings. The number of anilines is 1. The standard InChI is InChI=1S/C21H29N5O/c1-22-19(7-12-24-17-25-18-5-3-2-4-6-18)20(27)26-15-10-21(11-16-26)8-13-23-14-9-21/h2-7,12,23,25H,1,8-11,13-17H2/b19-7-,24-12-. The Morgan fingerprint density at radius 1 is 1.19 bits per heavy atom. The summed E-state index contributed by atoms with van der Waals surface area (Å²) in [6.45, 7) is 7.80. The van der Waals surface area contributed by atoms with Gasteiger partial charge in [-0.2, -0.15) is 0 Å². The van der Waals surface area contributed by atoms with Crippen molar-refractivity contribution >= 4 is 24.5 Å². The Morgan fingerprint density at radius 2 is 1.89 bits per heavy atom. The largest absolute Gasteiger partial charge is 0.366 e. The Balaban J connectivity index is 1.49. The van der Waals surface area contributed by atoms with Gasteiger partial charge in [-0.05, 0) is 69.1 Å². The molecule has 2 N–H and O–H groups in total. The maximum atomic E-state index is 12.7. The maximum Gasteiger partial charge on any atom is 0.272 e. The number of rotatable bonds is 6. The van der Waals surface area contributed by atoms with Crippen LogP contribution in [0.15, 0.2) is 52.1 Å². The Bertz CT molecular complexity index is 682. The summed E-state index contributed by atoms with van der Waals surface area (Å²) in [7, 11) is 0. The molecule has 144 valence electrons. The van der Waals surface area contributed by atoms with Gasteiger partial charge in [-0.25, -0.2) is 0 Å². The van der Waals surface area contributed by atoms with E-state index in [-0.39, 0.29) is 5.91 Å².